The highest BCUT2D eigenvalue weighted by molar-refractivity contribution is 6.12. The Labute approximate surface area is 127 Å². The van der Waals surface area contributed by atoms with Gasteiger partial charge in [-0.25, -0.2) is 15.0 Å². The Morgan fingerprint density at radius 2 is 1.83 bits per heavy atom. The molecule has 0 aliphatic carbocycles. The van der Waals surface area contributed by atoms with Gasteiger partial charge in [0.15, 0.2) is 11.5 Å². The van der Waals surface area contributed by atoms with Gasteiger partial charge in [-0.2, -0.15) is 13.2 Å². The van der Waals surface area contributed by atoms with Gasteiger partial charge in [0.2, 0.25) is 0 Å². The van der Waals surface area contributed by atoms with Gasteiger partial charge in [-0.05, 0) is 30.3 Å². The summed E-state index contributed by atoms with van der Waals surface area (Å²) in [6, 6.07) is 5.34. The van der Waals surface area contributed by atoms with Crippen LogP contribution in [-0.4, -0.2) is 26.0 Å². The number of anilines is 1. The third-order valence-corrected chi connectivity index (χ3v) is 3.23. The number of aromatic amines is 1. The minimum absolute atomic E-state index is 0.0347. The number of rotatable bonds is 2. The summed E-state index contributed by atoms with van der Waals surface area (Å²) in [4.78, 5) is 10.7. The Bertz CT molecular complexity index is 857. The number of nitrogens with one attached hydrogen (secondary N) is 2. The van der Waals surface area contributed by atoms with Gasteiger partial charge < -0.3 is 4.98 Å². The van der Waals surface area contributed by atoms with Crippen molar-refractivity contribution in [1.82, 2.24) is 15.0 Å². The summed E-state index contributed by atoms with van der Waals surface area (Å²) in [5.41, 5.74) is 0.333. The van der Waals surface area contributed by atoms with Crippen LogP contribution in [-0.2, 0) is 6.18 Å². The van der Waals surface area contributed by atoms with E-state index in [2.05, 4.69) is 15.0 Å². The number of nitrogens with zero attached hydrogens (tertiary/aromatic N) is 3. The number of hydrogen-bond acceptors (Lipinski definition) is 4. The van der Waals surface area contributed by atoms with Crippen LogP contribution in [0.4, 0.5) is 18.9 Å². The summed E-state index contributed by atoms with van der Waals surface area (Å²) in [5, 5.41) is 18.7. The Morgan fingerprint density at radius 3 is 2.48 bits per heavy atom. The number of hydroxylamine groups is 1. The number of imidazole rings is 1. The van der Waals surface area contributed by atoms with Crippen LogP contribution in [0, 0.1) is 5.41 Å². The van der Waals surface area contributed by atoms with Crippen molar-refractivity contribution in [2.45, 2.75) is 6.18 Å². The van der Waals surface area contributed by atoms with Crippen LogP contribution in [0.2, 0.25) is 0 Å². The third-order valence-electron chi connectivity index (χ3n) is 3.23. The highest BCUT2D eigenvalue weighted by atomic mass is 19.4. The molecule has 9 heteroatoms. The zero-order valence-corrected chi connectivity index (χ0v) is 11.5. The number of amidine groups is 1. The van der Waals surface area contributed by atoms with Crippen molar-refractivity contribution >= 4 is 22.7 Å². The molecular weight excluding hydrogens is 311 g/mol. The fourth-order valence-electron chi connectivity index (χ4n) is 2.08. The highest BCUT2D eigenvalue weighted by Crippen LogP contribution is 2.30. The number of fused-ring (bicyclic) bond motifs is 1. The van der Waals surface area contributed by atoms with Crippen LogP contribution in [0.15, 0.2) is 42.9 Å². The molecule has 2 heterocycles. The van der Waals surface area contributed by atoms with Crippen molar-refractivity contribution < 1.29 is 18.4 Å². The fourth-order valence-corrected chi connectivity index (χ4v) is 2.08. The smallest absolute Gasteiger partial charge is 0.343 e. The minimum atomic E-state index is -4.46. The topological polar surface area (TPSA) is 88.9 Å². The lowest BCUT2D eigenvalue weighted by Crippen LogP contribution is -2.27. The molecule has 0 saturated heterocycles. The van der Waals surface area contributed by atoms with Gasteiger partial charge >= 0.3 is 6.18 Å². The Balaban J connectivity index is 1.92. The summed E-state index contributed by atoms with van der Waals surface area (Å²) in [6.07, 6.45) is -1.64. The molecule has 6 nitrogen and oxygen atoms in total. The average Bonchev–Trinajstić information content (AvgIpc) is 3.01. The third kappa shape index (κ3) is 2.73. The predicted molar refractivity (Wildman–Crippen MR) is 76.4 cm³/mol. The van der Waals surface area contributed by atoms with Gasteiger partial charge in [-0.3, -0.25) is 10.6 Å². The molecule has 0 aliphatic heterocycles. The van der Waals surface area contributed by atoms with Crippen LogP contribution >= 0.6 is 0 Å². The van der Waals surface area contributed by atoms with Crippen LogP contribution < -0.4 is 5.06 Å². The van der Waals surface area contributed by atoms with E-state index in [0.717, 1.165) is 24.3 Å². The summed E-state index contributed by atoms with van der Waals surface area (Å²) < 4.78 is 37.6. The van der Waals surface area contributed by atoms with E-state index in [1.54, 1.807) is 0 Å². The fraction of sp³-hybridized carbons (Fsp3) is 0.0714. The molecule has 0 spiro atoms. The van der Waals surface area contributed by atoms with Gasteiger partial charge in [0, 0.05) is 11.8 Å². The van der Waals surface area contributed by atoms with E-state index in [-0.39, 0.29) is 11.5 Å². The van der Waals surface area contributed by atoms with Crippen molar-refractivity contribution in [3.05, 3.63) is 54.0 Å². The second-order valence-corrected chi connectivity index (χ2v) is 4.66. The van der Waals surface area contributed by atoms with Crippen LogP contribution in [0.25, 0.3) is 11.2 Å². The Hall–Kier alpha value is -2.94. The normalized spacial score (nSPS) is 11.7. The van der Waals surface area contributed by atoms with Gasteiger partial charge in [0.1, 0.15) is 0 Å². The second kappa shape index (κ2) is 5.36. The molecule has 0 amide bonds. The zero-order chi connectivity index (χ0) is 16.6. The first-order valence-corrected chi connectivity index (χ1v) is 6.41. The van der Waals surface area contributed by atoms with Crippen molar-refractivity contribution in [3.8, 4) is 0 Å². The number of halogens is 3. The molecule has 0 fully saturated rings. The molecule has 1 aromatic carbocycles. The maximum atomic E-state index is 12.5. The first kappa shape index (κ1) is 15.0. The predicted octanol–water partition coefficient (Wildman–Crippen LogP) is 3.20. The monoisotopic (exact) mass is 321 g/mol. The SMILES string of the molecule is N=C(c1ccnc2nc[nH]c12)N(O)c1ccc(C(F)(F)F)cc1. The highest BCUT2D eigenvalue weighted by Gasteiger charge is 2.30. The Kier molecular flexibility index (Phi) is 3.49. The molecular formula is C14H10F3N5O. The van der Waals surface area contributed by atoms with Crippen LogP contribution in [0.5, 0.6) is 0 Å². The molecule has 118 valence electrons. The first-order chi connectivity index (χ1) is 10.9. The van der Waals surface area contributed by atoms with Crippen LogP contribution in [0.3, 0.4) is 0 Å². The summed E-state index contributed by atoms with van der Waals surface area (Å²) >= 11 is 0. The second-order valence-electron chi connectivity index (χ2n) is 4.66. The molecule has 0 aliphatic rings. The van der Waals surface area contributed by atoms with Crippen LogP contribution in [0.1, 0.15) is 11.1 Å². The number of aromatic nitrogens is 3. The summed E-state index contributed by atoms with van der Waals surface area (Å²) in [7, 11) is 0. The van der Waals surface area contributed by atoms with E-state index in [1.807, 2.05) is 0 Å². The van der Waals surface area contributed by atoms with Gasteiger partial charge in [-0.1, -0.05) is 0 Å². The average molecular weight is 321 g/mol. The number of alkyl halides is 3. The number of H-pyrrole nitrogens is 1. The standard InChI is InChI=1S/C14H10F3N5O/c15-14(16,17)8-1-3-9(4-2-8)22(23)12(18)10-5-6-19-13-11(10)20-7-21-13/h1-7,18,23H,(H,19,20,21). The number of pyridine rings is 1. The van der Waals surface area contributed by atoms with E-state index in [4.69, 9.17) is 5.41 Å². The lowest BCUT2D eigenvalue weighted by molar-refractivity contribution is -0.137. The van der Waals surface area contributed by atoms with E-state index in [0.29, 0.717) is 21.8 Å². The molecule has 0 atom stereocenters. The molecule has 3 rings (SSSR count). The maximum absolute atomic E-state index is 12.5. The quantitative estimate of drug-likeness (QED) is 0.384. The maximum Gasteiger partial charge on any atom is 0.416 e. The lowest BCUT2D eigenvalue weighted by atomic mass is 10.1. The van der Waals surface area contributed by atoms with E-state index in [1.165, 1.54) is 18.6 Å². The van der Waals surface area contributed by atoms with Crippen molar-refractivity contribution in [2.75, 3.05) is 5.06 Å². The molecule has 3 aromatic rings. The van der Waals surface area contributed by atoms with E-state index >= 15 is 0 Å². The largest absolute Gasteiger partial charge is 0.416 e. The Morgan fingerprint density at radius 1 is 1.13 bits per heavy atom. The minimum Gasteiger partial charge on any atom is -0.343 e. The van der Waals surface area contributed by atoms with Gasteiger partial charge in [0.05, 0.1) is 23.1 Å². The van der Waals surface area contributed by atoms with Crippen molar-refractivity contribution in [3.63, 3.8) is 0 Å². The summed E-state index contributed by atoms with van der Waals surface area (Å²) in [5.74, 6) is -0.318. The zero-order valence-electron chi connectivity index (χ0n) is 11.5. The van der Waals surface area contributed by atoms with Gasteiger partial charge in [-0.15, -0.1) is 0 Å². The van der Waals surface area contributed by atoms with Gasteiger partial charge in [0.25, 0.3) is 0 Å². The molecule has 23 heavy (non-hydrogen) atoms. The summed E-state index contributed by atoms with van der Waals surface area (Å²) in [6.45, 7) is 0. The van der Waals surface area contributed by atoms with E-state index in [9.17, 15) is 18.4 Å². The first-order valence-electron chi connectivity index (χ1n) is 6.41. The number of hydrogen-bond donors (Lipinski definition) is 3. The molecule has 0 unspecified atom stereocenters. The lowest BCUT2D eigenvalue weighted by Gasteiger charge is -2.18. The van der Waals surface area contributed by atoms with E-state index < -0.39 is 11.7 Å². The molecule has 3 N–H and O–H groups in total. The molecule has 2 aromatic heterocycles. The molecule has 0 saturated carbocycles. The van der Waals surface area contributed by atoms with Crippen molar-refractivity contribution in [1.29, 1.82) is 5.41 Å². The molecule has 0 bridgehead atoms. The molecule has 0 radical (unpaired) electrons. The number of benzene rings is 1. The van der Waals surface area contributed by atoms with Crippen molar-refractivity contribution in [2.24, 2.45) is 0 Å².